The first-order valence-electron chi connectivity index (χ1n) is 9.23. The molecule has 0 spiro atoms. The maximum absolute atomic E-state index is 13.9. The van der Waals surface area contributed by atoms with Gasteiger partial charge in [-0.05, 0) is 50.1 Å². The van der Waals surface area contributed by atoms with Crippen LogP contribution in [0.3, 0.4) is 0 Å². The van der Waals surface area contributed by atoms with Crippen LogP contribution in [0.2, 0.25) is 0 Å². The summed E-state index contributed by atoms with van der Waals surface area (Å²) in [5.74, 6) is -2.09. The zero-order chi connectivity index (χ0) is 21.1. The van der Waals surface area contributed by atoms with Gasteiger partial charge in [-0.2, -0.15) is 5.10 Å². The molecule has 0 aliphatic rings. The summed E-state index contributed by atoms with van der Waals surface area (Å²) in [7, 11) is 0. The van der Waals surface area contributed by atoms with Crippen LogP contribution < -0.4 is 10.9 Å². The zero-order valence-electron chi connectivity index (χ0n) is 16.4. The molecule has 0 bridgehead atoms. The fourth-order valence-electron chi connectivity index (χ4n) is 3.08. The predicted molar refractivity (Wildman–Crippen MR) is 108 cm³/mol. The summed E-state index contributed by atoms with van der Waals surface area (Å²) in [5.41, 5.74) is 2.68. The van der Waals surface area contributed by atoms with Gasteiger partial charge >= 0.3 is 0 Å². The number of hydrogen-bond acceptors (Lipinski definition) is 3. The van der Waals surface area contributed by atoms with Gasteiger partial charge in [-0.15, -0.1) is 0 Å². The summed E-state index contributed by atoms with van der Waals surface area (Å²) >= 11 is 0. The van der Waals surface area contributed by atoms with E-state index in [1.165, 1.54) is 6.07 Å². The maximum atomic E-state index is 13.9. The number of anilines is 1. The molecule has 0 aliphatic carbocycles. The van der Waals surface area contributed by atoms with Crippen LogP contribution in [0.15, 0.2) is 53.3 Å². The Morgan fingerprint density at radius 2 is 1.86 bits per heavy atom. The number of aromatic nitrogens is 2. The molecule has 1 N–H and O–H groups in total. The molecule has 0 saturated carbocycles. The number of nitrogens with zero attached hydrogens (tertiary/aromatic N) is 2. The van der Waals surface area contributed by atoms with E-state index in [0.29, 0.717) is 5.69 Å². The Bertz CT molecular complexity index is 1130. The lowest BCUT2D eigenvalue weighted by Crippen LogP contribution is -2.34. The first-order chi connectivity index (χ1) is 13.8. The molecule has 1 atom stereocenters. The predicted octanol–water partition coefficient (Wildman–Crippen LogP) is 4.40. The highest BCUT2D eigenvalue weighted by Gasteiger charge is 2.23. The molecule has 0 radical (unpaired) electrons. The van der Waals surface area contributed by atoms with E-state index in [9.17, 15) is 18.4 Å². The number of nitrogens with one attached hydrogen (secondary N) is 1. The van der Waals surface area contributed by atoms with Crippen molar-refractivity contribution in [1.82, 2.24) is 9.78 Å². The summed E-state index contributed by atoms with van der Waals surface area (Å²) in [5, 5.41) is 6.75. The van der Waals surface area contributed by atoms with E-state index in [-0.39, 0.29) is 12.1 Å². The van der Waals surface area contributed by atoms with Crippen molar-refractivity contribution in [3.63, 3.8) is 0 Å². The molecule has 5 nitrogen and oxygen atoms in total. The van der Waals surface area contributed by atoms with Gasteiger partial charge in [0.1, 0.15) is 17.7 Å². The van der Waals surface area contributed by atoms with Crippen molar-refractivity contribution in [2.75, 3.05) is 5.32 Å². The lowest BCUT2D eigenvalue weighted by atomic mass is 10.0. The fraction of sp³-hybridized carbons (Fsp3) is 0.227. The van der Waals surface area contributed by atoms with E-state index < -0.39 is 29.1 Å². The first-order valence-corrected chi connectivity index (χ1v) is 9.23. The summed E-state index contributed by atoms with van der Waals surface area (Å²) < 4.78 is 28.4. The van der Waals surface area contributed by atoms with E-state index in [0.717, 1.165) is 39.6 Å². The molecule has 29 heavy (non-hydrogen) atoms. The van der Waals surface area contributed by atoms with Crippen molar-refractivity contribution in [3.05, 3.63) is 81.6 Å². The SMILES string of the molecule is CC[C@@H](C(=O)Nc1cc(F)ccc1F)n1nc(-c2cc(C)ccc2C)ccc1=O. The highest BCUT2D eigenvalue weighted by atomic mass is 19.1. The van der Waals surface area contributed by atoms with Crippen molar-refractivity contribution >= 4 is 11.6 Å². The van der Waals surface area contributed by atoms with Crippen LogP contribution in [0.4, 0.5) is 14.5 Å². The molecule has 7 heteroatoms. The molecule has 0 unspecified atom stereocenters. The van der Waals surface area contributed by atoms with E-state index >= 15 is 0 Å². The largest absolute Gasteiger partial charge is 0.322 e. The van der Waals surface area contributed by atoms with Crippen LogP contribution >= 0.6 is 0 Å². The number of benzene rings is 2. The highest BCUT2D eigenvalue weighted by molar-refractivity contribution is 5.93. The first kappa shape index (κ1) is 20.4. The molecular weight excluding hydrogens is 376 g/mol. The molecule has 150 valence electrons. The van der Waals surface area contributed by atoms with Crippen LogP contribution in [0.1, 0.15) is 30.5 Å². The van der Waals surface area contributed by atoms with Gasteiger partial charge in [0.25, 0.3) is 5.56 Å². The van der Waals surface area contributed by atoms with Crippen molar-refractivity contribution in [3.8, 4) is 11.3 Å². The molecule has 2 aromatic carbocycles. The van der Waals surface area contributed by atoms with Crippen LogP contribution in [0.25, 0.3) is 11.3 Å². The van der Waals surface area contributed by atoms with Crippen LogP contribution in [-0.4, -0.2) is 15.7 Å². The van der Waals surface area contributed by atoms with Crippen molar-refractivity contribution in [2.24, 2.45) is 0 Å². The van der Waals surface area contributed by atoms with Gasteiger partial charge in [-0.3, -0.25) is 9.59 Å². The number of amides is 1. The number of carbonyl (C=O) groups is 1. The van der Waals surface area contributed by atoms with E-state index in [2.05, 4.69) is 10.4 Å². The molecule has 0 aliphatic heterocycles. The van der Waals surface area contributed by atoms with Gasteiger partial charge in [-0.1, -0.05) is 24.6 Å². The third-order valence-corrected chi connectivity index (χ3v) is 4.66. The Morgan fingerprint density at radius 1 is 1.10 bits per heavy atom. The molecule has 1 amide bonds. The Balaban J connectivity index is 1.99. The molecule has 3 rings (SSSR count). The smallest absolute Gasteiger partial charge is 0.267 e. The van der Waals surface area contributed by atoms with Gasteiger partial charge in [0, 0.05) is 17.7 Å². The second-order valence-electron chi connectivity index (χ2n) is 6.86. The van der Waals surface area contributed by atoms with Gasteiger partial charge < -0.3 is 5.32 Å². The van der Waals surface area contributed by atoms with Crippen molar-refractivity contribution < 1.29 is 13.6 Å². The fourth-order valence-corrected chi connectivity index (χ4v) is 3.08. The number of aryl methyl sites for hydroxylation is 2. The molecule has 1 heterocycles. The van der Waals surface area contributed by atoms with Crippen molar-refractivity contribution in [2.45, 2.75) is 33.2 Å². The van der Waals surface area contributed by atoms with Crippen LogP contribution in [-0.2, 0) is 4.79 Å². The lowest BCUT2D eigenvalue weighted by Gasteiger charge is -2.18. The second kappa shape index (κ2) is 8.34. The number of hydrogen-bond donors (Lipinski definition) is 1. The molecule has 0 saturated heterocycles. The highest BCUT2D eigenvalue weighted by Crippen LogP contribution is 2.23. The molecule has 3 aromatic rings. The quantitative estimate of drug-likeness (QED) is 0.694. The molecule has 1 aromatic heterocycles. The van der Waals surface area contributed by atoms with Crippen molar-refractivity contribution in [1.29, 1.82) is 0 Å². The zero-order valence-corrected chi connectivity index (χ0v) is 16.4. The Labute approximate surface area is 167 Å². The Morgan fingerprint density at radius 3 is 2.59 bits per heavy atom. The monoisotopic (exact) mass is 397 g/mol. The number of halogens is 2. The van der Waals surface area contributed by atoms with E-state index in [4.69, 9.17) is 0 Å². The summed E-state index contributed by atoms with van der Waals surface area (Å²) in [6.45, 7) is 5.60. The standard InChI is InChI=1S/C22H21F2N3O2/c1-4-20(22(29)25-19-12-15(23)7-8-17(19)24)27-21(28)10-9-18(26-27)16-11-13(2)5-6-14(16)3/h5-12,20H,4H2,1-3H3,(H,25,29)/t20-/m0/s1. The Kier molecular flexibility index (Phi) is 5.87. The van der Waals surface area contributed by atoms with Crippen LogP contribution in [0, 0.1) is 25.5 Å². The minimum absolute atomic E-state index is 0.242. The number of carbonyl (C=O) groups excluding carboxylic acids is 1. The maximum Gasteiger partial charge on any atom is 0.267 e. The second-order valence-corrected chi connectivity index (χ2v) is 6.86. The third kappa shape index (κ3) is 4.39. The van der Waals surface area contributed by atoms with Gasteiger partial charge in [0.15, 0.2) is 0 Å². The lowest BCUT2D eigenvalue weighted by molar-refractivity contribution is -0.119. The summed E-state index contributed by atoms with van der Waals surface area (Å²) in [6.07, 6.45) is 0.242. The number of rotatable bonds is 5. The third-order valence-electron chi connectivity index (χ3n) is 4.66. The minimum atomic E-state index is -0.977. The van der Waals surface area contributed by atoms with E-state index in [1.54, 1.807) is 13.0 Å². The van der Waals surface area contributed by atoms with Gasteiger partial charge in [-0.25, -0.2) is 13.5 Å². The average Bonchev–Trinajstić information content (AvgIpc) is 2.68. The van der Waals surface area contributed by atoms with Gasteiger partial charge in [0.2, 0.25) is 5.91 Å². The normalized spacial score (nSPS) is 11.9. The van der Waals surface area contributed by atoms with Crippen LogP contribution in [0.5, 0.6) is 0 Å². The summed E-state index contributed by atoms with van der Waals surface area (Å²) in [4.78, 5) is 25.1. The summed E-state index contributed by atoms with van der Waals surface area (Å²) in [6, 6.07) is 10.6. The molecule has 0 fully saturated rings. The Hall–Kier alpha value is -3.35. The topological polar surface area (TPSA) is 64.0 Å². The minimum Gasteiger partial charge on any atom is -0.322 e. The van der Waals surface area contributed by atoms with Gasteiger partial charge in [0.05, 0.1) is 11.4 Å². The average molecular weight is 397 g/mol. The van der Waals surface area contributed by atoms with E-state index in [1.807, 2.05) is 32.0 Å². The molecular formula is C22H21F2N3O2.